The van der Waals surface area contributed by atoms with Crippen LogP contribution in [0.5, 0.6) is 0 Å². The molecular weight excluding hydrogens is 351 g/mol. The van der Waals surface area contributed by atoms with Gasteiger partial charge in [-0.2, -0.15) is 19.6 Å². The summed E-state index contributed by atoms with van der Waals surface area (Å²) in [5.41, 5.74) is 8.23. The molecule has 24 heavy (non-hydrogen) atoms. The summed E-state index contributed by atoms with van der Waals surface area (Å²) in [6, 6.07) is 0. The lowest BCUT2D eigenvalue weighted by Crippen LogP contribution is -2.49. The van der Waals surface area contributed by atoms with Crippen LogP contribution in [0, 0.1) is 5.39 Å². The molecule has 1 aromatic heterocycles. The van der Waals surface area contributed by atoms with Crippen molar-refractivity contribution in [2.24, 2.45) is 11.6 Å². The third-order valence-electron chi connectivity index (χ3n) is 2.73. The van der Waals surface area contributed by atoms with Gasteiger partial charge in [0, 0.05) is 0 Å². The summed E-state index contributed by atoms with van der Waals surface area (Å²) in [5.74, 6) is 1.12. The van der Waals surface area contributed by atoms with Gasteiger partial charge in [-0.25, -0.2) is 4.98 Å². The molecule has 0 bridgehead atoms. The fourth-order valence-electron chi connectivity index (χ4n) is 1.66. The van der Waals surface area contributed by atoms with E-state index in [-0.39, 0.29) is 13.2 Å². The second kappa shape index (κ2) is 7.25. The molecule has 2 heterocycles. The van der Waals surface area contributed by atoms with E-state index in [0.29, 0.717) is 0 Å². The van der Waals surface area contributed by atoms with Crippen LogP contribution in [0.25, 0.3) is 5.08 Å². The molecule has 0 spiro atoms. The van der Waals surface area contributed by atoms with Crippen LogP contribution in [0.1, 0.15) is 10.6 Å². The molecule has 131 valence electrons. The molecule has 1 amide bonds. The number of nitrogens with zero attached hydrogens (tertiary/aromatic N) is 6. The molecule has 1 aromatic rings. The maximum Gasteiger partial charge on any atom is 0.403 e. The van der Waals surface area contributed by atoms with Crippen molar-refractivity contribution in [3.63, 3.8) is 0 Å². The number of phosphoric ester groups is 1. The topological polar surface area (TPSA) is 222 Å². The number of diazo groups is 1. The van der Waals surface area contributed by atoms with Crippen LogP contribution < -0.4 is 21.9 Å². The first-order valence-electron chi connectivity index (χ1n) is 6.22. The predicted molar refractivity (Wildman–Crippen MR) is 69.8 cm³/mol. The van der Waals surface area contributed by atoms with Crippen LogP contribution in [-0.4, -0.2) is 51.6 Å². The van der Waals surface area contributed by atoms with E-state index in [1.165, 1.54) is 0 Å². The summed E-state index contributed by atoms with van der Waals surface area (Å²) in [6.45, 7) is -1.26. The van der Waals surface area contributed by atoms with Gasteiger partial charge in [-0.05, 0) is 0 Å². The fraction of sp³-hybridized carbons (Fsp3) is 0.625. The molecule has 0 aromatic carbocycles. The third-order valence-corrected chi connectivity index (χ3v) is 3.92. The number of hydrogen-bond donors (Lipinski definition) is 3. The van der Waals surface area contributed by atoms with Crippen LogP contribution in [-0.2, 0) is 24.3 Å². The van der Waals surface area contributed by atoms with Crippen LogP contribution in [0.15, 0.2) is 6.33 Å². The average molecular weight is 364 g/mol. The zero-order chi connectivity index (χ0) is 17.8. The zero-order valence-corrected chi connectivity index (χ0v) is 12.9. The normalized spacial score (nSPS) is 26.3. The van der Waals surface area contributed by atoms with E-state index < -0.39 is 38.5 Å². The highest BCUT2D eigenvalue weighted by atomic mass is 31.2. The van der Waals surface area contributed by atoms with Gasteiger partial charge in [-0.3, -0.25) is 4.79 Å². The first-order chi connectivity index (χ1) is 11.3. The Hall–Kier alpha value is -2.02. The smallest absolute Gasteiger partial charge is 0.403 e. The van der Waals surface area contributed by atoms with E-state index in [4.69, 9.17) is 30.8 Å². The summed E-state index contributed by atoms with van der Waals surface area (Å²) in [7, 11) is -3.86. The van der Waals surface area contributed by atoms with Crippen molar-refractivity contribution in [3.05, 3.63) is 17.2 Å². The second-order valence-corrected chi connectivity index (χ2v) is 6.01. The molecule has 16 heteroatoms. The summed E-state index contributed by atoms with van der Waals surface area (Å²) in [6.07, 6.45) is -0.00634. The molecule has 0 aliphatic carbocycles. The van der Waals surface area contributed by atoms with Gasteiger partial charge in [0.15, 0.2) is 0 Å². The highest BCUT2D eigenvalue weighted by molar-refractivity contribution is 7.53. The Kier molecular flexibility index (Phi) is 5.54. The molecule has 5 N–H and O–H groups in total. The quantitative estimate of drug-likeness (QED) is 0.188. The average Bonchev–Trinajstić information content (AvgIpc) is 3.06. The van der Waals surface area contributed by atoms with Crippen LogP contribution in [0.4, 0.5) is 0 Å². The minimum Gasteiger partial charge on any atom is -0.604 e. The Balaban J connectivity index is 2.13. The maximum atomic E-state index is 11.6. The van der Waals surface area contributed by atoms with Crippen LogP contribution >= 0.6 is 8.17 Å². The number of amides is 1. The minimum absolute atomic E-state index is 0.315. The van der Waals surface area contributed by atoms with Gasteiger partial charge in [0.25, 0.3) is 17.2 Å². The van der Waals surface area contributed by atoms with E-state index >= 15 is 0 Å². The van der Waals surface area contributed by atoms with Crippen molar-refractivity contribution in [1.29, 1.82) is 5.39 Å². The number of ether oxygens (including phenoxy) is 1. The van der Waals surface area contributed by atoms with Gasteiger partial charge < -0.3 is 20.5 Å². The number of carbonyl (C=O) groups excluding carboxylic acids is 1. The number of hydrogen-bond acceptors (Lipinski definition) is 11. The van der Waals surface area contributed by atoms with Gasteiger partial charge in [-0.15, -0.1) is 5.10 Å². The number of nitrogens with two attached hydrogens (primary N) is 2. The molecule has 1 radical (unpaired) electrons. The van der Waals surface area contributed by atoms with E-state index in [1.54, 1.807) is 0 Å². The Morgan fingerprint density at radius 2 is 2.38 bits per heavy atom. The summed E-state index contributed by atoms with van der Waals surface area (Å²) in [5, 5.41) is 25.1. The van der Waals surface area contributed by atoms with E-state index in [2.05, 4.69) is 25.2 Å². The SMILES string of the molecule is N#[N+][N]C[C@](O)(OC1CO[P+]([O-])(ON)OC1)n1cnc(C(N)=O)n1. The monoisotopic (exact) mass is 364 g/mol. The fourth-order valence-corrected chi connectivity index (χ4v) is 2.56. The first-order valence-corrected chi connectivity index (χ1v) is 7.68. The van der Waals surface area contributed by atoms with Crippen molar-refractivity contribution in [2.75, 3.05) is 19.8 Å². The second-order valence-electron chi connectivity index (χ2n) is 4.39. The minimum atomic E-state index is -3.86. The van der Waals surface area contributed by atoms with Crippen LogP contribution in [0.2, 0.25) is 0 Å². The first kappa shape index (κ1) is 18.3. The number of aliphatic hydroxyl groups is 1. The molecule has 1 fully saturated rings. The van der Waals surface area contributed by atoms with Gasteiger partial charge in [-0.1, -0.05) is 4.62 Å². The predicted octanol–water partition coefficient (Wildman–Crippen LogP) is -3.29. The Bertz CT molecular complexity index is 628. The number of primary amides is 1. The number of rotatable bonds is 7. The lowest BCUT2D eigenvalue weighted by atomic mass is 10.4. The molecule has 1 saturated heterocycles. The number of phosphoric acid groups is 1. The van der Waals surface area contributed by atoms with Gasteiger partial charge in [0.1, 0.15) is 31.1 Å². The molecule has 0 saturated carbocycles. The number of aromatic nitrogens is 3. The Labute approximate surface area is 134 Å². The van der Waals surface area contributed by atoms with Crippen molar-refractivity contribution >= 4 is 14.1 Å². The highest BCUT2D eigenvalue weighted by Crippen LogP contribution is 2.54. The molecule has 1 atom stereocenters. The Morgan fingerprint density at radius 3 is 2.88 bits per heavy atom. The van der Waals surface area contributed by atoms with E-state index in [9.17, 15) is 14.8 Å². The Morgan fingerprint density at radius 1 is 1.71 bits per heavy atom. The van der Waals surface area contributed by atoms with Gasteiger partial charge in [0.05, 0.1) is 0 Å². The highest BCUT2D eigenvalue weighted by Gasteiger charge is 2.45. The van der Waals surface area contributed by atoms with Crippen molar-refractivity contribution in [3.8, 4) is 0 Å². The molecule has 1 aliphatic heterocycles. The third kappa shape index (κ3) is 4.08. The molecule has 1 aliphatic rings. The van der Waals surface area contributed by atoms with Gasteiger partial charge in [0.2, 0.25) is 12.4 Å². The zero-order valence-electron chi connectivity index (χ0n) is 12.0. The molecular formula is C8H13N8O7P+. The van der Waals surface area contributed by atoms with Crippen molar-refractivity contribution in [2.45, 2.75) is 12.0 Å². The molecule has 0 unspecified atom stereocenters. The summed E-state index contributed by atoms with van der Waals surface area (Å²) < 4.78 is 19.7. The van der Waals surface area contributed by atoms with E-state index in [0.717, 1.165) is 11.0 Å². The summed E-state index contributed by atoms with van der Waals surface area (Å²) in [4.78, 5) is 26.2. The maximum absolute atomic E-state index is 11.6. The van der Waals surface area contributed by atoms with E-state index in [1.807, 2.05) is 0 Å². The largest absolute Gasteiger partial charge is 0.604 e. The number of carbonyl (C=O) groups is 1. The lowest BCUT2D eigenvalue weighted by Gasteiger charge is -2.34. The van der Waals surface area contributed by atoms with Crippen molar-refractivity contribution in [1.82, 2.24) is 20.2 Å². The standard InChI is InChI=1S/C8H13N8O7P/c9-6(17)7-12-4-16(14-7)8(18,3-13-15-10)22-5-1-20-24(19,23-11)21-2-5/h4-5,18H,1-3,11H2,(H2,9,17)/q+1/t5?,8-,24?/m0/s1. The lowest BCUT2D eigenvalue weighted by molar-refractivity contribution is -0.316. The molecule has 15 nitrogen and oxygen atoms in total. The van der Waals surface area contributed by atoms with Crippen molar-refractivity contribution < 1.29 is 33.2 Å². The summed E-state index contributed by atoms with van der Waals surface area (Å²) >= 11 is 0. The van der Waals surface area contributed by atoms with Crippen LogP contribution in [0.3, 0.4) is 0 Å². The van der Waals surface area contributed by atoms with Gasteiger partial charge >= 0.3 is 13.3 Å². The molecule has 2 rings (SSSR count).